The molecule has 16 heteroatoms. The summed E-state index contributed by atoms with van der Waals surface area (Å²) in [6, 6.07) is 16.3. The van der Waals surface area contributed by atoms with Gasteiger partial charge in [0.2, 0.25) is 34.8 Å². The van der Waals surface area contributed by atoms with Gasteiger partial charge in [-0.3, -0.25) is 9.59 Å². The zero-order valence-electron chi connectivity index (χ0n) is 24.7. The van der Waals surface area contributed by atoms with E-state index in [4.69, 9.17) is 9.47 Å². The van der Waals surface area contributed by atoms with Gasteiger partial charge in [0.1, 0.15) is 11.5 Å². The fraction of sp³-hybridized carbons (Fsp3) is 0.0588. The van der Waals surface area contributed by atoms with Gasteiger partial charge < -0.3 is 20.1 Å². The van der Waals surface area contributed by atoms with Crippen LogP contribution >= 0.6 is 0 Å². The van der Waals surface area contributed by atoms with E-state index < -0.39 is 92.9 Å². The molecule has 258 valence electrons. The standard InChI is InChI=1S/C34H18F10N2O4/c35-25-27(37)30(50-20-15-11-18(12-16-20)32(48)46-24-8-4-2-6-22(24)34(42,43)44)28(38)26(36)29(25)49-19-13-9-17(10-14-19)31(47)45-23-7-3-1-5-21(23)33(39,40)41/h1-16H,(H,45,47)(H,46,48). The van der Waals surface area contributed by atoms with Crippen molar-refractivity contribution >= 4 is 23.2 Å². The molecule has 0 aromatic heterocycles. The largest absolute Gasteiger partial charge is 0.451 e. The first-order valence-corrected chi connectivity index (χ1v) is 13.9. The van der Waals surface area contributed by atoms with Crippen molar-refractivity contribution in [1.82, 2.24) is 0 Å². The molecular weight excluding hydrogens is 690 g/mol. The van der Waals surface area contributed by atoms with Crippen molar-refractivity contribution in [3.05, 3.63) is 143 Å². The molecule has 0 heterocycles. The molecule has 0 saturated carbocycles. The zero-order chi connectivity index (χ0) is 36.4. The quantitative estimate of drug-likeness (QED) is 0.124. The van der Waals surface area contributed by atoms with Crippen LogP contribution in [0.2, 0.25) is 0 Å². The van der Waals surface area contributed by atoms with Crippen molar-refractivity contribution in [3.8, 4) is 23.0 Å². The Morgan fingerprint density at radius 1 is 0.460 bits per heavy atom. The lowest BCUT2D eigenvalue weighted by atomic mass is 10.1. The molecule has 0 aliphatic heterocycles. The molecule has 2 N–H and O–H groups in total. The summed E-state index contributed by atoms with van der Waals surface area (Å²) in [5.41, 5.74) is -3.68. The van der Waals surface area contributed by atoms with E-state index in [2.05, 4.69) is 10.6 Å². The number of hydrogen-bond donors (Lipinski definition) is 2. The molecule has 0 aliphatic rings. The summed E-state index contributed by atoms with van der Waals surface area (Å²) >= 11 is 0. The number of hydrogen-bond acceptors (Lipinski definition) is 4. The number of ether oxygens (including phenoxy) is 2. The maximum absolute atomic E-state index is 14.9. The Balaban J connectivity index is 1.28. The van der Waals surface area contributed by atoms with Crippen LogP contribution in [0, 0.1) is 23.3 Å². The fourth-order valence-corrected chi connectivity index (χ4v) is 4.42. The fourth-order valence-electron chi connectivity index (χ4n) is 4.42. The maximum Gasteiger partial charge on any atom is 0.418 e. The van der Waals surface area contributed by atoms with Crippen LogP contribution in [0.25, 0.3) is 0 Å². The Morgan fingerprint density at radius 3 is 1.06 bits per heavy atom. The lowest BCUT2D eigenvalue weighted by molar-refractivity contribution is -0.137. The first-order chi connectivity index (χ1) is 23.5. The first-order valence-electron chi connectivity index (χ1n) is 13.9. The Hall–Kier alpha value is -6.06. The number of halogens is 10. The number of amides is 2. The van der Waals surface area contributed by atoms with E-state index in [-0.39, 0.29) is 11.1 Å². The minimum atomic E-state index is -4.76. The number of carbonyl (C=O) groups is 2. The molecule has 0 saturated heterocycles. The number of alkyl halides is 6. The molecule has 2 amide bonds. The first kappa shape index (κ1) is 35.3. The number of carbonyl (C=O) groups excluding carboxylic acids is 2. The minimum Gasteiger partial charge on any atom is -0.451 e. The van der Waals surface area contributed by atoms with Gasteiger partial charge in [0, 0.05) is 11.1 Å². The molecule has 0 radical (unpaired) electrons. The van der Waals surface area contributed by atoms with Crippen LogP contribution in [-0.2, 0) is 12.4 Å². The van der Waals surface area contributed by atoms with Gasteiger partial charge >= 0.3 is 12.4 Å². The van der Waals surface area contributed by atoms with Crippen molar-refractivity contribution in [2.24, 2.45) is 0 Å². The topological polar surface area (TPSA) is 76.7 Å². The van der Waals surface area contributed by atoms with Crippen molar-refractivity contribution in [2.75, 3.05) is 10.6 Å². The van der Waals surface area contributed by atoms with Crippen LogP contribution in [0.15, 0.2) is 97.1 Å². The molecule has 0 atom stereocenters. The van der Waals surface area contributed by atoms with Gasteiger partial charge in [-0.2, -0.15) is 43.9 Å². The van der Waals surface area contributed by atoms with E-state index in [1.165, 1.54) is 12.1 Å². The Morgan fingerprint density at radius 2 is 0.760 bits per heavy atom. The predicted molar refractivity (Wildman–Crippen MR) is 158 cm³/mol. The second-order valence-electron chi connectivity index (χ2n) is 10.2. The zero-order valence-corrected chi connectivity index (χ0v) is 24.7. The van der Waals surface area contributed by atoms with Gasteiger partial charge in [0.15, 0.2) is 0 Å². The molecule has 0 unspecified atom stereocenters. The summed E-state index contributed by atoms with van der Waals surface area (Å²) < 4.78 is 149. The second kappa shape index (κ2) is 13.8. The van der Waals surface area contributed by atoms with Gasteiger partial charge in [-0.25, -0.2) is 0 Å². The van der Waals surface area contributed by atoms with Crippen molar-refractivity contribution in [3.63, 3.8) is 0 Å². The molecule has 50 heavy (non-hydrogen) atoms. The highest BCUT2D eigenvalue weighted by atomic mass is 19.4. The number of rotatable bonds is 8. The van der Waals surface area contributed by atoms with Crippen LogP contribution < -0.4 is 20.1 Å². The predicted octanol–water partition coefficient (Wildman–Crippen LogP) is 10.4. The van der Waals surface area contributed by atoms with Crippen LogP contribution in [-0.4, -0.2) is 11.8 Å². The summed E-state index contributed by atoms with van der Waals surface area (Å²) in [6.45, 7) is 0. The summed E-state index contributed by atoms with van der Waals surface area (Å²) in [4.78, 5) is 25.0. The van der Waals surface area contributed by atoms with Gasteiger partial charge in [-0.15, -0.1) is 0 Å². The molecule has 0 fully saturated rings. The maximum atomic E-state index is 14.9. The molecule has 0 spiro atoms. The SMILES string of the molecule is O=C(Nc1ccccc1C(F)(F)F)c1ccc(Oc2c(F)c(F)c(Oc3ccc(C(=O)Nc4ccccc4C(F)(F)F)cc3)c(F)c2F)cc1. The third-order valence-electron chi connectivity index (χ3n) is 6.82. The van der Waals surface area contributed by atoms with Gasteiger partial charge in [0.25, 0.3) is 11.8 Å². The van der Waals surface area contributed by atoms with Crippen molar-refractivity contribution in [2.45, 2.75) is 12.4 Å². The van der Waals surface area contributed by atoms with E-state index in [0.717, 1.165) is 84.9 Å². The Bertz CT molecular complexity index is 1890. The highest BCUT2D eigenvalue weighted by Gasteiger charge is 2.35. The van der Waals surface area contributed by atoms with E-state index in [1.54, 1.807) is 0 Å². The lowest BCUT2D eigenvalue weighted by Crippen LogP contribution is -2.16. The normalized spacial score (nSPS) is 11.6. The van der Waals surface area contributed by atoms with E-state index in [9.17, 15) is 53.5 Å². The second-order valence-corrected chi connectivity index (χ2v) is 10.2. The van der Waals surface area contributed by atoms with Crippen LogP contribution in [0.5, 0.6) is 23.0 Å². The van der Waals surface area contributed by atoms with Crippen LogP contribution in [0.4, 0.5) is 55.3 Å². The summed E-state index contributed by atoms with van der Waals surface area (Å²) in [5, 5.41) is 4.19. The summed E-state index contributed by atoms with van der Waals surface area (Å²) in [7, 11) is 0. The number of nitrogens with one attached hydrogen (secondary N) is 2. The van der Waals surface area contributed by atoms with Crippen LogP contribution in [0.1, 0.15) is 31.8 Å². The van der Waals surface area contributed by atoms with Gasteiger partial charge in [-0.1, -0.05) is 24.3 Å². The van der Waals surface area contributed by atoms with Gasteiger partial charge in [-0.05, 0) is 72.8 Å². The smallest absolute Gasteiger partial charge is 0.418 e. The molecule has 5 aromatic rings. The van der Waals surface area contributed by atoms with E-state index in [0.29, 0.717) is 0 Å². The molecule has 5 aromatic carbocycles. The number of para-hydroxylation sites is 2. The number of anilines is 2. The number of benzene rings is 5. The third-order valence-corrected chi connectivity index (χ3v) is 6.82. The lowest BCUT2D eigenvalue weighted by Gasteiger charge is -2.15. The average Bonchev–Trinajstić information content (AvgIpc) is 3.08. The molecular formula is C34H18F10N2O4. The average molecular weight is 709 g/mol. The van der Waals surface area contributed by atoms with Crippen molar-refractivity contribution in [1.29, 1.82) is 0 Å². The Kier molecular flexibility index (Phi) is 9.74. The molecule has 0 aliphatic carbocycles. The molecule has 0 bridgehead atoms. The molecule has 6 nitrogen and oxygen atoms in total. The van der Waals surface area contributed by atoms with E-state index in [1.807, 2.05) is 0 Å². The summed E-state index contributed by atoms with van der Waals surface area (Å²) in [5.74, 6) is -14.0. The van der Waals surface area contributed by atoms with Crippen molar-refractivity contribution < 1.29 is 63.0 Å². The summed E-state index contributed by atoms with van der Waals surface area (Å²) in [6.07, 6.45) is -9.52. The highest BCUT2D eigenvalue weighted by molar-refractivity contribution is 6.05. The van der Waals surface area contributed by atoms with Gasteiger partial charge in [0.05, 0.1) is 22.5 Å². The third kappa shape index (κ3) is 7.64. The molecule has 5 rings (SSSR count). The monoisotopic (exact) mass is 708 g/mol. The Labute approximate surface area is 274 Å². The minimum absolute atomic E-state index is 0.203. The highest BCUT2D eigenvalue weighted by Crippen LogP contribution is 2.40. The van der Waals surface area contributed by atoms with E-state index >= 15 is 0 Å². The van der Waals surface area contributed by atoms with Crippen LogP contribution in [0.3, 0.4) is 0 Å².